The Balaban J connectivity index is 1.70. The van der Waals surface area contributed by atoms with Gasteiger partial charge < -0.3 is 19.1 Å². The molecule has 0 aliphatic heterocycles. The van der Waals surface area contributed by atoms with Crippen molar-refractivity contribution in [3.05, 3.63) is 78.4 Å². The molecule has 208 valence electrons. The highest BCUT2D eigenvalue weighted by Gasteiger charge is 2.27. The Kier molecular flexibility index (Phi) is 12.8. The first kappa shape index (κ1) is 30.2. The zero-order valence-electron chi connectivity index (χ0n) is 22.7. The summed E-state index contributed by atoms with van der Waals surface area (Å²) < 4.78 is 15.7. The minimum Gasteiger partial charge on any atom is -0.465 e. The van der Waals surface area contributed by atoms with E-state index in [0.717, 1.165) is 21.2 Å². The molecule has 0 fully saturated rings. The molecule has 1 amide bonds. The summed E-state index contributed by atoms with van der Waals surface area (Å²) in [5.41, 5.74) is 0.907. The van der Waals surface area contributed by atoms with E-state index in [1.807, 2.05) is 48.5 Å². The van der Waals surface area contributed by atoms with Gasteiger partial charge in [0, 0.05) is 43.2 Å². The van der Waals surface area contributed by atoms with E-state index in [0.29, 0.717) is 31.7 Å². The number of thioether (sulfide) groups is 1. The topological polar surface area (TPSA) is 82.1 Å². The second-order valence-corrected chi connectivity index (χ2v) is 10.2. The van der Waals surface area contributed by atoms with Crippen LogP contribution in [0, 0.1) is 5.92 Å². The van der Waals surface area contributed by atoms with Crippen molar-refractivity contribution in [2.45, 2.75) is 37.7 Å². The van der Waals surface area contributed by atoms with Crippen LogP contribution in [-0.2, 0) is 35.2 Å². The van der Waals surface area contributed by atoms with Crippen molar-refractivity contribution >= 4 is 40.4 Å². The van der Waals surface area contributed by atoms with E-state index in [1.165, 1.54) is 4.90 Å². The molecule has 0 spiro atoms. The first-order valence-corrected chi connectivity index (χ1v) is 14.2. The van der Waals surface area contributed by atoms with E-state index in [1.54, 1.807) is 25.8 Å². The maximum absolute atomic E-state index is 13.7. The number of carbonyl (C=O) groups excluding carboxylic acids is 3. The van der Waals surface area contributed by atoms with E-state index < -0.39 is 11.9 Å². The molecule has 0 radical (unpaired) electrons. The average molecular weight is 552 g/mol. The number of benzene rings is 3. The number of esters is 2. The Morgan fingerprint density at radius 2 is 1.64 bits per heavy atom. The molecule has 0 aromatic heterocycles. The summed E-state index contributed by atoms with van der Waals surface area (Å²) in [6.45, 7) is 2.87. The van der Waals surface area contributed by atoms with Crippen LogP contribution in [0.2, 0.25) is 0 Å². The van der Waals surface area contributed by atoms with Crippen LogP contribution in [-0.4, -0.2) is 61.9 Å². The van der Waals surface area contributed by atoms with Crippen LogP contribution in [0.4, 0.5) is 0 Å². The summed E-state index contributed by atoms with van der Waals surface area (Å²) in [5, 5.41) is 2.27. The number of fused-ring (bicyclic) bond motifs is 1. The SMILES string of the molecule is CCOC(=O)CN(CCCOC)C(=O)C(CCC(=O)OCc1ccccc1)CSc1ccc2ccccc2c1. The van der Waals surface area contributed by atoms with E-state index in [9.17, 15) is 14.4 Å². The van der Waals surface area contributed by atoms with E-state index in [4.69, 9.17) is 14.2 Å². The molecule has 3 rings (SSSR count). The predicted molar refractivity (Wildman–Crippen MR) is 153 cm³/mol. The molecule has 7 nitrogen and oxygen atoms in total. The van der Waals surface area contributed by atoms with Gasteiger partial charge in [-0.3, -0.25) is 14.4 Å². The van der Waals surface area contributed by atoms with E-state index >= 15 is 0 Å². The smallest absolute Gasteiger partial charge is 0.325 e. The van der Waals surface area contributed by atoms with Gasteiger partial charge in [0.15, 0.2) is 0 Å². The molecule has 0 aliphatic rings. The Hall–Kier alpha value is -3.36. The first-order chi connectivity index (χ1) is 19.0. The monoisotopic (exact) mass is 551 g/mol. The third kappa shape index (κ3) is 10.4. The van der Waals surface area contributed by atoms with Crippen LogP contribution < -0.4 is 0 Å². The lowest BCUT2D eigenvalue weighted by Gasteiger charge is -2.26. The second kappa shape index (κ2) is 16.6. The third-order valence-electron chi connectivity index (χ3n) is 6.17. The molecular formula is C31H37NO6S. The minimum atomic E-state index is -0.484. The summed E-state index contributed by atoms with van der Waals surface area (Å²) in [5.74, 6) is -1.01. The highest BCUT2D eigenvalue weighted by atomic mass is 32.2. The average Bonchev–Trinajstić information content (AvgIpc) is 2.96. The van der Waals surface area contributed by atoms with Gasteiger partial charge >= 0.3 is 11.9 Å². The van der Waals surface area contributed by atoms with E-state index in [2.05, 4.69) is 24.3 Å². The number of rotatable bonds is 16. The zero-order valence-corrected chi connectivity index (χ0v) is 23.5. The van der Waals surface area contributed by atoms with Crippen LogP contribution in [0.5, 0.6) is 0 Å². The summed E-state index contributed by atoms with van der Waals surface area (Å²) in [7, 11) is 1.60. The maximum atomic E-state index is 13.7. The van der Waals surface area contributed by atoms with Crippen molar-refractivity contribution in [3.8, 4) is 0 Å². The molecular weight excluding hydrogens is 514 g/mol. The molecule has 0 bridgehead atoms. The van der Waals surface area contributed by atoms with Gasteiger partial charge in [0.2, 0.25) is 5.91 Å². The lowest BCUT2D eigenvalue weighted by Crippen LogP contribution is -2.42. The molecule has 0 saturated heterocycles. The number of methoxy groups -OCH3 is 1. The van der Waals surface area contributed by atoms with Crippen LogP contribution in [0.15, 0.2) is 77.7 Å². The number of hydrogen-bond acceptors (Lipinski definition) is 7. The van der Waals surface area contributed by atoms with Crippen LogP contribution in [0.3, 0.4) is 0 Å². The predicted octanol–water partition coefficient (Wildman–Crippen LogP) is 5.50. The molecule has 3 aromatic carbocycles. The van der Waals surface area contributed by atoms with Crippen molar-refractivity contribution in [1.29, 1.82) is 0 Å². The van der Waals surface area contributed by atoms with Gasteiger partial charge in [0.25, 0.3) is 0 Å². The number of nitrogens with zero attached hydrogens (tertiary/aromatic N) is 1. The summed E-state index contributed by atoms with van der Waals surface area (Å²) in [6.07, 6.45) is 1.01. The normalized spacial score (nSPS) is 11.6. The molecule has 0 N–H and O–H groups in total. The van der Waals surface area contributed by atoms with Crippen molar-refractivity contribution in [3.63, 3.8) is 0 Å². The van der Waals surface area contributed by atoms with Crippen molar-refractivity contribution < 1.29 is 28.6 Å². The Bertz CT molecular complexity index is 1200. The van der Waals surface area contributed by atoms with E-state index in [-0.39, 0.29) is 38.1 Å². The molecule has 1 unspecified atom stereocenters. The highest BCUT2D eigenvalue weighted by Crippen LogP contribution is 2.28. The van der Waals surface area contributed by atoms with Crippen LogP contribution >= 0.6 is 11.8 Å². The maximum Gasteiger partial charge on any atom is 0.325 e. The lowest BCUT2D eigenvalue weighted by atomic mass is 10.0. The molecule has 39 heavy (non-hydrogen) atoms. The Morgan fingerprint density at radius 1 is 0.897 bits per heavy atom. The number of amides is 1. The van der Waals surface area contributed by atoms with Gasteiger partial charge in [-0.25, -0.2) is 0 Å². The standard InChI is InChI=1S/C31H37NO6S/c1-3-37-30(34)21-32(18-9-19-36-2)31(35)27(15-17-29(33)38-22-24-10-5-4-6-11-24)23-39-28-16-14-25-12-7-8-13-26(25)20-28/h4-8,10-14,16,20,27H,3,9,15,17-19,21-23H2,1-2H3. The van der Waals surface area contributed by atoms with Crippen molar-refractivity contribution in [2.75, 3.05) is 39.2 Å². The van der Waals surface area contributed by atoms with Gasteiger partial charge in [0.05, 0.1) is 6.61 Å². The van der Waals surface area contributed by atoms with Gasteiger partial charge in [-0.2, -0.15) is 0 Å². The van der Waals surface area contributed by atoms with Gasteiger partial charge in [-0.15, -0.1) is 11.8 Å². The first-order valence-electron chi connectivity index (χ1n) is 13.2. The zero-order chi connectivity index (χ0) is 27.9. The third-order valence-corrected chi connectivity index (χ3v) is 7.33. The fourth-order valence-corrected chi connectivity index (χ4v) is 5.20. The quantitative estimate of drug-likeness (QED) is 0.132. The van der Waals surface area contributed by atoms with Crippen molar-refractivity contribution in [1.82, 2.24) is 4.90 Å². The van der Waals surface area contributed by atoms with Gasteiger partial charge in [0.1, 0.15) is 13.2 Å². The fourth-order valence-electron chi connectivity index (χ4n) is 4.12. The lowest BCUT2D eigenvalue weighted by molar-refractivity contribution is -0.151. The molecule has 0 heterocycles. The Morgan fingerprint density at radius 3 is 2.38 bits per heavy atom. The summed E-state index contributed by atoms with van der Waals surface area (Å²) >= 11 is 1.57. The van der Waals surface area contributed by atoms with Crippen LogP contribution in [0.25, 0.3) is 10.8 Å². The molecule has 1 atom stereocenters. The molecule has 0 aliphatic carbocycles. The number of carbonyl (C=O) groups is 3. The molecule has 8 heteroatoms. The Labute approximate surface area is 234 Å². The van der Waals surface area contributed by atoms with Gasteiger partial charge in [-0.1, -0.05) is 60.7 Å². The minimum absolute atomic E-state index is 0.104. The number of hydrogen-bond donors (Lipinski definition) is 0. The van der Waals surface area contributed by atoms with Crippen LogP contribution in [0.1, 0.15) is 31.7 Å². The largest absolute Gasteiger partial charge is 0.465 e. The second-order valence-electron chi connectivity index (χ2n) is 9.11. The van der Waals surface area contributed by atoms with Crippen molar-refractivity contribution in [2.24, 2.45) is 5.92 Å². The summed E-state index contributed by atoms with van der Waals surface area (Å²) in [6, 6.07) is 23.8. The highest BCUT2D eigenvalue weighted by molar-refractivity contribution is 7.99. The van der Waals surface area contributed by atoms with Gasteiger partial charge in [-0.05, 0) is 48.2 Å². The molecule has 0 saturated carbocycles. The number of ether oxygens (including phenoxy) is 3. The fraction of sp³-hybridized carbons (Fsp3) is 0.387. The summed E-state index contributed by atoms with van der Waals surface area (Å²) in [4.78, 5) is 41.1. The molecule has 3 aromatic rings.